The fourth-order valence-corrected chi connectivity index (χ4v) is 2.51. The van der Waals surface area contributed by atoms with E-state index in [2.05, 4.69) is 37.5 Å². The first-order valence-corrected chi connectivity index (χ1v) is 7.31. The number of nitrogens with one attached hydrogen (secondary N) is 2. The molecule has 0 radical (unpaired) electrons. The largest absolute Gasteiger partial charge is 0.354 e. The number of piperazine rings is 1. The van der Waals surface area contributed by atoms with Gasteiger partial charge in [-0.05, 0) is 12.5 Å². The predicted octanol–water partition coefficient (Wildman–Crippen LogP) is 1.14. The van der Waals surface area contributed by atoms with Crippen LogP contribution < -0.4 is 15.5 Å². The lowest BCUT2D eigenvalue weighted by atomic mass is 10.1. The molecule has 0 unspecified atom stereocenters. The summed E-state index contributed by atoms with van der Waals surface area (Å²) in [6.07, 6.45) is 6.58. The number of aromatic nitrogens is 4. The molecule has 3 rings (SSSR count). The van der Waals surface area contributed by atoms with Crippen LogP contribution in [0, 0.1) is 0 Å². The van der Waals surface area contributed by atoms with Gasteiger partial charge in [0.05, 0.1) is 11.9 Å². The average Bonchev–Trinajstić information content (AvgIpc) is 2.93. The SMILES string of the molecule is CC[C@H]1CN(c2ccnc(Nc3cnn(C)c3)n2)CCN1. The van der Waals surface area contributed by atoms with Crippen molar-refractivity contribution >= 4 is 17.5 Å². The van der Waals surface area contributed by atoms with Gasteiger partial charge in [-0.15, -0.1) is 0 Å². The molecule has 1 fully saturated rings. The molecular weight excluding hydrogens is 266 g/mol. The Kier molecular flexibility index (Phi) is 4.01. The van der Waals surface area contributed by atoms with Crippen molar-refractivity contribution in [2.45, 2.75) is 19.4 Å². The molecule has 7 nitrogen and oxygen atoms in total. The number of anilines is 3. The van der Waals surface area contributed by atoms with Crippen molar-refractivity contribution in [3.05, 3.63) is 24.7 Å². The second kappa shape index (κ2) is 6.09. The molecule has 0 aromatic carbocycles. The Morgan fingerprint density at radius 2 is 2.38 bits per heavy atom. The molecule has 1 atom stereocenters. The van der Waals surface area contributed by atoms with E-state index in [0.717, 1.165) is 37.6 Å². The Hall–Kier alpha value is -2.15. The van der Waals surface area contributed by atoms with E-state index in [0.29, 0.717) is 12.0 Å². The maximum Gasteiger partial charge on any atom is 0.229 e. The Morgan fingerprint density at radius 1 is 1.48 bits per heavy atom. The minimum atomic E-state index is 0.531. The zero-order valence-electron chi connectivity index (χ0n) is 12.5. The van der Waals surface area contributed by atoms with Gasteiger partial charge in [0.1, 0.15) is 5.82 Å². The van der Waals surface area contributed by atoms with Crippen molar-refractivity contribution < 1.29 is 0 Å². The van der Waals surface area contributed by atoms with Crippen LogP contribution in [0.1, 0.15) is 13.3 Å². The summed E-state index contributed by atoms with van der Waals surface area (Å²) in [6.45, 7) is 5.16. The zero-order chi connectivity index (χ0) is 14.7. The topological polar surface area (TPSA) is 70.9 Å². The van der Waals surface area contributed by atoms with E-state index in [1.54, 1.807) is 17.1 Å². The van der Waals surface area contributed by atoms with Gasteiger partial charge in [-0.1, -0.05) is 6.92 Å². The van der Waals surface area contributed by atoms with Crippen molar-refractivity contribution in [2.24, 2.45) is 7.05 Å². The quantitative estimate of drug-likeness (QED) is 0.879. The lowest BCUT2D eigenvalue weighted by Crippen LogP contribution is -2.50. The summed E-state index contributed by atoms with van der Waals surface area (Å²) in [5.41, 5.74) is 0.890. The normalized spacial score (nSPS) is 18.8. The van der Waals surface area contributed by atoms with Crippen molar-refractivity contribution in [3.63, 3.8) is 0 Å². The molecule has 7 heteroatoms. The third-order valence-corrected chi connectivity index (χ3v) is 3.67. The number of hydrogen-bond acceptors (Lipinski definition) is 6. The van der Waals surface area contributed by atoms with Gasteiger partial charge in [0, 0.05) is 45.1 Å². The summed E-state index contributed by atoms with van der Waals surface area (Å²) in [5, 5.41) is 10.8. The first kappa shape index (κ1) is 13.8. The highest BCUT2D eigenvalue weighted by molar-refractivity contribution is 5.53. The molecule has 2 N–H and O–H groups in total. The highest BCUT2D eigenvalue weighted by atomic mass is 15.3. The summed E-state index contributed by atoms with van der Waals surface area (Å²) >= 11 is 0. The Bertz CT molecular complexity index is 595. The molecule has 0 spiro atoms. The smallest absolute Gasteiger partial charge is 0.229 e. The van der Waals surface area contributed by atoms with Crippen LogP contribution in [-0.2, 0) is 7.05 Å². The first-order valence-electron chi connectivity index (χ1n) is 7.31. The Labute approximate surface area is 124 Å². The highest BCUT2D eigenvalue weighted by Crippen LogP contribution is 2.17. The molecule has 2 aromatic rings. The van der Waals surface area contributed by atoms with E-state index in [-0.39, 0.29) is 0 Å². The minimum absolute atomic E-state index is 0.531. The molecule has 3 heterocycles. The van der Waals surface area contributed by atoms with E-state index in [1.807, 2.05) is 19.3 Å². The number of aryl methyl sites for hydroxylation is 1. The van der Waals surface area contributed by atoms with Gasteiger partial charge in [-0.25, -0.2) is 4.98 Å². The number of rotatable bonds is 4. The van der Waals surface area contributed by atoms with Crippen molar-refractivity contribution in [1.82, 2.24) is 25.1 Å². The molecule has 112 valence electrons. The summed E-state index contributed by atoms with van der Waals surface area (Å²) in [4.78, 5) is 11.2. The van der Waals surface area contributed by atoms with Gasteiger partial charge in [0.15, 0.2) is 0 Å². The van der Waals surface area contributed by atoms with E-state index in [4.69, 9.17) is 0 Å². The Balaban J connectivity index is 1.73. The van der Waals surface area contributed by atoms with Crippen LogP contribution in [0.5, 0.6) is 0 Å². The highest BCUT2D eigenvalue weighted by Gasteiger charge is 2.19. The third kappa shape index (κ3) is 3.30. The van der Waals surface area contributed by atoms with Crippen molar-refractivity contribution in [2.75, 3.05) is 29.9 Å². The molecule has 0 amide bonds. The summed E-state index contributed by atoms with van der Waals surface area (Å²) < 4.78 is 1.74. The van der Waals surface area contributed by atoms with Gasteiger partial charge >= 0.3 is 0 Å². The van der Waals surface area contributed by atoms with Crippen LogP contribution in [0.25, 0.3) is 0 Å². The molecular formula is C14H21N7. The van der Waals surface area contributed by atoms with Gasteiger partial charge in [0.2, 0.25) is 5.95 Å². The molecule has 0 bridgehead atoms. The molecule has 1 saturated heterocycles. The van der Waals surface area contributed by atoms with Crippen LogP contribution >= 0.6 is 0 Å². The van der Waals surface area contributed by atoms with Gasteiger partial charge in [-0.3, -0.25) is 4.68 Å². The monoisotopic (exact) mass is 287 g/mol. The lowest BCUT2D eigenvalue weighted by Gasteiger charge is -2.34. The Morgan fingerprint density at radius 3 is 3.14 bits per heavy atom. The van der Waals surface area contributed by atoms with Crippen LogP contribution in [-0.4, -0.2) is 45.4 Å². The van der Waals surface area contributed by atoms with Crippen molar-refractivity contribution in [1.29, 1.82) is 0 Å². The van der Waals surface area contributed by atoms with Crippen LogP contribution in [0.3, 0.4) is 0 Å². The lowest BCUT2D eigenvalue weighted by molar-refractivity contribution is 0.445. The van der Waals surface area contributed by atoms with Crippen LogP contribution in [0.4, 0.5) is 17.5 Å². The number of hydrogen-bond donors (Lipinski definition) is 2. The zero-order valence-corrected chi connectivity index (χ0v) is 12.5. The standard InChI is InChI=1S/C14H21N7/c1-3-11-10-21(7-6-15-11)13-4-5-16-14(19-13)18-12-8-17-20(2)9-12/h4-5,8-9,11,15H,3,6-7,10H2,1-2H3,(H,16,18,19)/t11-/m0/s1. The molecule has 0 saturated carbocycles. The summed E-state index contributed by atoms with van der Waals surface area (Å²) in [7, 11) is 1.88. The minimum Gasteiger partial charge on any atom is -0.354 e. The molecule has 1 aliphatic rings. The fourth-order valence-electron chi connectivity index (χ4n) is 2.51. The van der Waals surface area contributed by atoms with E-state index >= 15 is 0 Å². The van der Waals surface area contributed by atoms with Crippen LogP contribution in [0.2, 0.25) is 0 Å². The fraction of sp³-hybridized carbons (Fsp3) is 0.500. The van der Waals surface area contributed by atoms with E-state index < -0.39 is 0 Å². The predicted molar refractivity (Wildman–Crippen MR) is 82.8 cm³/mol. The van der Waals surface area contributed by atoms with E-state index in [9.17, 15) is 0 Å². The second-order valence-electron chi connectivity index (χ2n) is 5.27. The maximum atomic E-state index is 4.61. The molecule has 21 heavy (non-hydrogen) atoms. The first-order chi connectivity index (χ1) is 10.2. The van der Waals surface area contributed by atoms with Crippen molar-refractivity contribution in [3.8, 4) is 0 Å². The summed E-state index contributed by atoms with van der Waals surface area (Å²) in [5.74, 6) is 1.57. The van der Waals surface area contributed by atoms with Gasteiger partial charge < -0.3 is 15.5 Å². The molecule has 2 aromatic heterocycles. The maximum absolute atomic E-state index is 4.61. The van der Waals surface area contributed by atoms with Crippen LogP contribution in [0.15, 0.2) is 24.7 Å². The number of nitrogens with zero attached hydrogens (tertiary/aromatic N) is 5. The molecule has 1 aliphatic heterocycles. The van der Waals surface area contributed by atoms with E-state index in [1.165, 1.54) is 0 Å². The van der Waals surface area contributed by atoms with Gasteiger partial charge in [0.25, 0.3) is 0 Å². The third-order valence-electron chi connectivity index (χ3n) is 3.67. The average molecular weight is 287 g/mol. The van der Waals surface area contributed by atoms with Gasteiger partial charge in [-0.2, -0.15) is 10.1 Å². The molecule has 0 aliphatic carbocycles. The second-order valence-corrected chi connectivity index (χ2v) is 5.27. The summed E-state index contributed by atoms with van der Waals surface area (Å²) in [6, 6.07) is 2.50.